The predicted molar refractivity (Wildman–Crippen MR) is 126 cm³/mol. The second-order valence-corrected chi connectivity index (χ2v) is 7.99. The molecule has 4 N–H and O–H groups in total. The number of hydrogen-bond donors (Lipinski definition) is 3. The predicted octanol–water partition coefficient (Wildman–Crippen LogP) is 5.28. The molecule has 5 heteroatoms. The molecular weight excluding hydrogens is 376 g/mol. The Morgan fingerprint density at radius 2 is 1.83 bits per heavy atom. The summed E-state index contributed by atoms with van der Waals surface area (Å²) in [4.78, 5) is 22.6. The Bertz CT molecular complexity index is 697. The molecule has 1 unspecified atom stereocenters. The maximum Gasteiger partial charge on any atom is 0.305 e. The van der Waals surface area contributed by atoms with Crippen LogP contribution in [0.5, 0.6) is 0 Å². The molecule has 168 valence electrons. The molecular formula is C25H40N2O3. The average molecular weight is 417 g/mol. The van der Waals surface area contributed by atoms with Crippen LogP contribution in [0.4, 0.5) is 0 Å². The van der Waals surface area contributed by atoms with Gasteiger partial charge in [-0.25, -0.2) is 0 Å². The number of nitrogens with two attached hydrogens (primary N) is 1. The minimum absolute atomic E-state index is 0.0965. The van der Waals surface area contributed by atoms with Crippen LogP contribution < -0.4 is 11.1 Å². The first-order chi connectivity index (χ1) is 14.1. The van der Waals surface area contributed by atoms with Gasteiger partial charge in [0.25, 0.3) is 5.91 Å². The van der Waals surface area contributed by atoms with Gasteiger partial charge in [-0.1, -0.05) is 63.6 Å². The highest BCUT2D eigenvalue weighted by atomic mass is 16.4. The van der Waals surface area contributed by atoms with E-state index in [4.69, 9.17) is 10.8 Å². The zero-order valence-corrected chi connectivity index (χ0v) is 19.3. The van der Waals surface area contributed by atoms with E-state index in [1.165, 1.54) is 11.6 Å². The number of nitrogens with one attached hydrogen (secondary N) is 1. The van der Waals surface area contributed by atoms with Gasteiger partial charge in [-0.05, 0) is 56.6 Å². The molecule has 0 spiro atoms. The molecule has 0 rings (SSSR count). The lowest BCUT2D eigenvalue weighted by atomic mass is 9.93. The van der Waals surface area contributed by atoms with Crippen LogP contribution in [0.15, 0.2) is 59.4 Å². The maximum atomic E-state index is 12.1. The smallest absolute Gasteiger partial charge is 0.305 e. The number of carboxylic acids is 1. The highest BCUT2D eigenvalue weighted by Crippen LogP contribution is 2.22. The first-order valence-corrected chi connectivity index (χ1v) is 10.8. The number of carboxylic acid groups (broad SMARTS) is 1. The van der Waals surface area contributed by atoms with Crippen LogP contribution in [0.1, 0.15) is 66.7 Å². The van der Waals surface area contributed by atoms with E-state index < -0.39 is 5.97 Å². The molecule has 0 aliphatic rings. The Hall–Kier alpha value is -2.56. The molecule has 30 heavy (non-hydrogen) atoms. The molecule has 0 aromatic carbocycles. The molecule has 5 nitrogen and oxygen atoms in total. The molecule has 0 fully saturated rings. The van der Waals surface area contributed by atoms with Gasteiger partial charge >= 0.3 is 5.97 Å². The van der Waals surface area contributed by atoms with Gasteiger partial charge in [-0.15, -0.1) is 0 Å². The van der Waals surface area contributed by atoms with Crippen molar-refractivity contribution in [1.82, 2.24) is 5.32 Å². The summed E-state index contributed by atoms with van der Waals surface area (Å²) >= 11 is 0. The standard InChI is InChI=1S/C25H40N2O3/c1-7-10-21(14-13-19(5)24(26)20(6)17-18(3)4)11-9-12-22(8-2)25(30)27-16-15-23(28)29/h8-9,11-12,17-18,21H,2,7,10,13-16,26H2,1,3-6H3,(H,27,30)(H,28,29)/b11-9+,20-17-,22-12+,24-19-. The summed E-state index contributed by atoms with van der Waals surface area (Å²) in [6.45, 7) is 14.4. The molecule has 0 heterocycles. The van der Waals surface area contributed by atoms with Crippen molar-refractivity contribution in [3.63, 3.8) is 0 Å². The summed E-state index contributed by atoms with van der Waals surface area (Å²) in [7, 11) is 0. The van der Waals surface area contributed by atoms with Crippen LogP contribution >= 0.6 is 0 Å². The number of hydrogen-bond acceptors (Lipinski definition) is 3. The van der Waals surface area contributed by atoms with E-state index in [2.05, 4.69) is 58.7 Å². The van der Waals surface area contributed by atoms with E-state index in [1.807, 2.05) is 6.08 Å². The Morgan fingerprint density at radius 3 is 2.37 bits per heavy atom. The molecule has 1 amide bonds. The van der Waals surface area contributed by atoms with E-state index in [0.717, 1.165) is 37.0 Å². The largest absolute Gasteiger partial charge is 0.481 e. The topological polar surface area (TPSA) is 92.4 Å². The monoisotopic (exact) mass is 416 g/mol. The van der Waals surface area contributed by atoms with Gasteiger partial charge in [0, 0.05) is 17.8 Å². The summed E-state index contributed by atoms with van der Waals surface area (Å²) in [6, 6.07) is 0. The lowest BCUT2D eigenvalue weighted by Crippen LogP contribution is -2.26. The number of carbonyl (C=O) groups is 2. The van der Waals surface area contributed by atoms with Crippen molar-refractivity contribution < 1.29 is 14.7 Å². The van der Waals surface area contributed by atoms with Crippen LogP contribution in [-0.2, 0) is 9.59 Å². The quantitative estimate of drug-likeness (QED) is 0.265. The van der Waals surface area contributed by atoms with Crippen LogP contribution in [-0.4, -0.2) is 23.5 Å². The summed E-state index contributed by atoms with van der Waals surface area (Å²) < 4.78 is 0. The van der Waals surface area contributed by atoms with E-state index in [-0.39, 0.29) is 18.9 Å². The highest BCUT2D eigenvalue weighted by molar-refractivity contribution is 5.96. The highest BCUT2D eigenvalue weighted by Gasteiger charge is 2.08. The zero-order valence-electron chi connectivity index (χ0n) is 19.3. The zero-order chi connectivity index (χ0) is 23.1. The van der Waals surface area contributed by atoms with Crippen molar-refractivity contribution in [2.45, 2.75) is 66.7 Å². The minimum Gasteiger partial charge on any atom is -0.481 e. The molecule has 0 aliphatic carbocycles. The number of rotatable bonds is 14. The van der Waals surface area contributed by atoms with Crippen LogP contribution in [0.2, 0.25) is 0 Å². The third kappa shape index (κ3) is 12.1. The Kier molecular flexibility index (Phi) is 14.0. The van der Waals surface area contributed by atoms with Gasteiger partial charge in [0.15, 0.2) is 0 Å². The minimum atomic E-state index is -0.943. The third-order valence-corrected chi connectivity index (χ3v) is 4.78. The first kappa shape index (κ1) is 27.4. The van der Waals surface area contributed by atoms with Gasteiger partial charge in [0.05, 0.1) is 6.42 Å². The summed E-state index contributed by atoms with van der Waals surface area (Å²) in [5, 5.41) is 11.2. The molecule has 0 bridgehead atoms. The first-order valence-electron chi connectivity index (χ1n) is 10.8. The molecule has 0 aromatic rings. The molecule has 0 saturated heterocycles. The fourth-order valence-corrected chi connectivity index (χ4v) is 3.11. The van der Waals surface area contributed by atoms with Crippen LogP contribution in [0.3, 0.4) is 0 Å². The lowest BCUT2D eigenvalue weighted by molar-refractivity contribution is -0.136. The third-order valence-electron chi connectivity index (χ3n) is 4.78. The SMILES string of the molecule is C=C/C(=C\C=C\C(CCC)CC/C(C)=C(N)/C(C)=C\C(C)C)C(=O)NCCC(=O)O. The number of allylic oxidation sites excluding steroid dienone is 6. The Balaban J connectivity index is 5.03. The molecule has 1 atom stereocenters. The van der Waals surface area contributed by atoms with Crippen LogP contribution in [0, 0.1) is 11.8 Å². The van der Waals surface area contributed by atoms with Crippen molar-refractivity contribution >= 4 is 11.9 Å². The average Bonchev–Trinajstić information content (AvgIpc) is 2.67. The normalized spacial score (nSPS) is 14.6. The second-order valence-electron chi connectivity index (χ2n) is 7.99. The second kappa shape index (κ2) is 15.3. The summed E-state index contributed by atoms with van der Waals surface area (Å²) in [5.74, 6) is -0.396. The van der Waals surface area contributed by atoms with Gasteiger partial charge < -0.3 is 16.2 Å². The number of aliphatic carboxylic acids is 1. The Labute approximate surface area is 182 Å². The number of amides is 1. The van der Waals surface area contributed by atoms with E-state index >= 15 is 0 Å². The van der Waals surface area contributed by atoms with Crippen molar-refractivity contribution in [3.05, 3.63) is 59.4 Å². The van der Waals surface area contributed by atoms with Crippen molar-refractivity contribution in [3.8, 4) is 0 Å². The van der Waals surface area contributed by atoms with Crippen molar-refractivity contribution in [1.29, 1.82) is 0 Å². The van der Waals surface area contributed by atoms with Gasteiger partial charge in [0.1, 0.15) is 0 Å². The lowest BCUT2D eigenvalue weighted by Gasteiger charge is -2.14. The van der Waals surface area contributed by atoms with E-state index in [0.29, 0.717) is 17.4 Å². The maximum absolute atomic E-state index is 12.1. The van der Waals surface area contributed by atoms with Crippen molar-refractivity contribution in [2.24, 2.45) is 17.6 Å². The number of carbonyl (C=O) groups excluding carboxylic acids is 1. The fourth-order valence-electron chi connectivity index (χ4n) is 3.11. The summed E-state index contributed by atoms with van der Waals surface area (Å²) in [5.41, 5.74) is 9.96. The summed E-state index contributed by atoms with van der Waals surface area (Å²) in [6.07, 6.45) is 13.4. The van der Waals surface area contributed by atoms with Gasteiger partial charge in [-0.2, -0.15) is 0 Å². The van der Waals surface area contributed by atoms with Crippen LogP contribution in [0.25, 0.3) is 0 Å². The molecule has 0 saturated carbocycles. The molecule has 0 aromatic heterocycles. The Morgan fingerprint density at radius 1 is 1.17 bits per heavy atom. The van der Waals surface area contributed by atoms with E-state index in [9.17, 15) is 9.59 Å². The fraction of sp³-hybridized carbons (Fsp3) is 0.520. The van der Waals surface area contributed by atoms with Gasteiger partial charge in [-0.3, -0.25) is 9.59 Å². The van der Waals surface area contributed by atoms with Gasteiger partial charge in [0.2, 0.25) is 0 Å². The van der Waals surface area contributed by atoms with E-state index in [1.54, 1.807) is 6.08 Å². The van der Waals surface area contributed by atoms with Crippen molar-refractivity contribution in [2.75, 3.05) is 6.54 Å². The molecule has 0 aliphatic heterocycles. The molecule has 0 radical (unpaired) electrons.